The Hall–Kier alpha value is -0.910. The second kappa shape index (κ2) is 6.24. The summed E-state index contributed by atoms with van der Waals surface area (Å²) in [5, 5.41) is 4.18. The quantitative estimate of drug-likeness (QED) is 0.929. The fraction of sp³-hybridized carbons (Fsp3) is 0.667. The van der Waals surface area contributed by atoms with E-state index in [4.69, 9.17) is 4.74 Å². The van der Waals surface area contributed by atoms with Crippen LogP contribution in [-0.4, -0.2) is 43.7 Å². The van der Waals surface area contributed by atoms with Crippen molar-refractivity contribution in [2.75, 3.05) is 38.2 Å². The van der Waals surface area contributed by atoms with Gasteiger partial charge in [-0.1, -0.05) is 0 Å². The summed E-state index contributed by atoms with van der Waals surface area (Å²) < 4.78 is 5.30. The molecule has 1 N–H and O–H groups in total. The maximum absolute atomic E-state index is 12.2. The van der Waals surface area contributed by atoms with Crippen molar-refractivity contribution >= 4 is 22.2 Å². The van der Waals surface area contributed by atoms with Gasteiger partial charge in [-0.15, -0.1) is 11.3 Å². The second-order valence-corrected chi connectivity index (χ2v) is 6.71. The molecule has 1 amide bonds. The van der Waals surface area contributed by atoms with Gasteiger partial charge in [0.1, 0.15) is 0 Å². The van der Waals surface area contributed by atoms with Crippen LogP contribution in [0, 0.1) is 6.92 Å². The van der Waals surface area contributed by atoms with Crippen LogP contribution >= 0.6 is 11.3 Å². The third-order valence-electron chi connectivity index (χ3n) is 4.16. The van der Waals surface area contributed by atoms with Gasteiger partial charge in [-0.2, -0.15) is 0 Å². The Bertz CT molecular complexity index is 492. The highest BCUT2D eigenvalue weighted by atomic mass is 32.1. The number of hydrogen-bond donors (Lipinski definition) is 1. The Morgan fingerprint density at radius 3 is 2.80 bits per heavy atom. The Balaban J connectivity index is 1.62. The van der Waals surface area contributed by atoms with E-state index in [1.165, 1.54) is 41.7 Å². The van der Waals surface area contributed by atoms with E-state index in [2.05, 4.69) is 17.1 Å². The molecule has 0 saturated carbocycles. The van der Waals surface area contributed by atoms with Crippen molar-refractivity contribution in [1.82, 2.24) is 4.90 Å². The molecule has 1 aromatic rings. The minimum Gasteiger partial charge on any atom is -0.379 e. The number of morpholine rings is 1. The number of nitrogens with zero attached hydrogens (tertiary/aromatic N) is 1. The molecular weight excluding hydrogens is 272 g/mol. The number of thiophene rings is 1. The van der Waals surface area contributed by atoms with E-state index in [9.17, 15) is 4.79 Å². The fourth-order valence-corrected chi connectivity index (χ4v) is 4.28. The van der Waals surface area contributed by atoms with E-state index in [1.807, 2.05) is 0 Å². The standard InChI is InChI=1S/C15H22N2O2S/c1-11-12-4-2-3-5-13(12)20-15(11)16-14(18)10-17-6-8-19-9-7-17/h2-10H2,1H3,(H,16,18). The van der Waals surface area contributed by atoms with Gasteiger partial charge in [-0.3, -0.25) is 9.69 Å². The van der Waals surface area contributed by atoms with E-state index in [0.29, 0.717) is 6.54 Å². The zero-order valence-corrected chi connectivity index (χ0v) is 12.9. The molecule has 1 saturated heterocycles. The number of amides is 1. The Labute approximate surface area is 124 Å². The van der Waals surface area contributed by atoms with Crippen LogP contribution < -0.4 is 5.32 Å². The average molecular weight is 294 g/mol. The molecule has 0 radical (unpaired) electrons. The molecule has 1 aromatic heterocycles. The van der Waals surface area contributed by atoms with E-state index >= 15 is 0 Å². The predicted octanol–water partition coefficient (Wildman–Crippen LogP) is 2.21. The smallest absolute Gasteiger partial charge is 0.239 e. The molecule has 4 nitrogen and oxygen atoms in total. The molecule has 0 spiro atoms. The number of aryl methyl sites for hydroxylation is 1. The van der Waals surface area contributed by atoms with Gasteiger partial charge in [-0.05, 0) is 43.7 Å². The van der Waals surface area contributed by atoms with Gasteiger partial charge in [0, 0.05) is 18.0 Å². The van der Waals surface area contributed by atoms with Gasteiger partial charge in [0.25, 0.3) is 0 Å². The molecule has 0 unspecified atom stereocenters. The van der Waals surface area contributed by atoms with Crippen molar-refractivity contribution in [2.45, 2.75) is 32.6 Å². The molecule has 0 atom stereocenters. The molecule has 2 aliphatic rings. The van der Waals surface area contributed by atoms with Crippen molar-refractivity contribution in [3.8, 4) is 0 Å². The summed E-state index contributed by atoms with van der Waals surface area (Å²) >= 11 is 1.78. The summed E-state index contributed by atoms with van der Waals surface area (Å²) in [5.41, 5.74) is 2.78. The van der Waals surface area contributed by atoms with Crippen LogP contribution in [0.15, 0.2) is 0 Å². The summed E-state index contributed by atoms with van der Waals surface area (Å²) in [4.78, 5) is 15.8. The zero-order chi connectivity index (χ0) is 13.9. The van der Waals surface area contributed by atoms with E-state index in [1.54, 1.807) is 11.3 Å². The van der Waals surface area contributed by atoms with Crippen molar-refractivity contribution < 1.29 is 9.53 Å². The van der Waals surface area contributed by atoms with Gasteiger partial charge in [0.05, 0.1) is 24.8 Å². The van der Waals surface area contributed by atoms with Crippen LogP contribution in [0.1, 0.15) is 28.8 Å². The summed E-state index contributed by atoms with van der Waals surface area (Å²) in [6.45, 7) is 5.80. The number of nitrogens with one attached hydrogen (secondary N) is 1. The maximum atomic E-state index is 12.2. The SMILES string of the molecule is Cc1c(NC(=O)CN2CCOCC2)sc2c1CCCC2. The van der Waals surface area contributed by atoms with Gasteiger partial charge >= 0.3 is 0 Å². The minimum atomic E-state index is 0.105. The van der Waals surface area contributed by atoms with Crippen molar-refractivity contribution in [3.05, 3.63) is 16.0 Å². The first-order valence-electron chi connectivity index (χ1n) is 7.45. The van der Waals surface area contributed by atoms with Crippen LogP contribution in [0.25, 0.3) is 0 Å². The summed E-state index contributed by atoms with van der Waals surface area (Å²) in [6, 6.07) is 0. The summed E-state index contributed by atoms with van der Waals surface area (Å²) in [6.07, 6.45) is 4.93. The van der Waals surface area contributed by atoms with Crippen molar-refractivity contribution in [2.24, 2.45) is 0 Å². The molecule has 5 heteroatoms. The zero-order valence-electron chi connectivity index (χ0n) is 12.0. The monoisotopic (exact) mass is 294 g/mol. The molecule has 1 fully saturated rings. The topological polar surface area (TPSA) is 41.6 Å². The van der Waals surface area contributed by atoms with E-state index < -0.39 is 0 Å². The first kappa shape index (κ1) is 14.0. The highest BCUT2D eigenvalue weighted by Gasteiger charge is 2.20. The van der Waals surface area contributed by atoms with E-state index in [0.717, 1.165) is 31.3 Å². The Kier molecular flexibility index (Phi) is 4.38. The van der Waals surface area contributed by atoms with Crippen LogP contribution in [0.5, 0.6) is 0 Å². The molecule has 1 aliphatic heterocycles. The molecule has 3 rings (SSSR count). The van der Waals surface area contributed by atoms with Crippen LogP contribution in [0.4, 0.5) is 5.00 Å². The Morgan fingerprint density at radius 1 is 1.30 bits per heavy atom. The van der Waals surface area contributed by atoms with Crippen LogP contribution in [0.3, 0.4) is 0 Å². The maximum Gasteiger partial charge on any atom is 0.239 e. The molecule has 110 valence electrons. The molecule has 0 bridgehead atoms. The molecule has 1 aliphatic carbocycles. The average Bonchev–Trinajstić information content (AvgIpc) is 2.77. The first-order chi connectivity index (χ1) is 9.74. The number of fused-ring (bicyclic) bond motifs is 1. The van der Waals surface area contributed by atoms with Gasteiger partial charge in [0.2, 0.25) is 5.91 Å². The third kappa shape index (κ3) is 3.05. The third-order valence-corrected chi connectivity index (χ3v) is 5.47. The number of rotatable bonds is 3. The molecular formula is C15H22N2O2S. The van der Waals surface area contributed by atoms with Crippen LogP contribution in [0.2, 0.25) is 0 Å². The number of hydrogen-bond acceptors (Lipinski definition) is 4. The number of ether oxygens (including phenoxy) is 1. The number of carbonyl (C=O) groups excluding carboxylic acids is 1. The lowest BCUT2D eigenvalue weighted by Crippen LogP contribution is -2.41. The first-order valence-corrected chi connectivity index (χ1v) is 8.27. The lowest BCUT2D eigenvalue weighted by molar-refractivity contribution is -0.118. The normalized spacial score (nSPS) is 19.6. The van der Waals surface area contributed by atoms with Crippen molar-refractivity contribution in [3.63, 3.8) is 0 Å². The van der Waals surface area contributed by atoms with Crippen LogP contribution in [-0.2, 0) is 22.4 Å². The lowest BCUT2D eigenvalue weighted by atomic mass is 9.96. The fourth-order valence-electron chi connectivity index (χ4n) is 2.97. The largest absolute Gasteiger partial charge is 0.379 e. The number of carbonyl (C=O) groups is 1. The van der Waals surface area contributed by atoms with Gasteiger partial charge in [0.15, 0.2) is 0 Å². The highest BCUT2D eigenvalue weighted by Crippen LogP contribution is 2.37. The predicted molar refractivity (Wildman–Crippen MR) is 81.6 cm³/mol. The van der Waals surface area contributed by atoms with Gasteiger partial charge in [-0.25, -0.2) is 0 Å². The second-order valence-electron chi connectivity index (χ2n) is 5.60. The summed E-state index contributed by atoms with van der Waals surface area (Å²) in [7, 11) is 0. The lowest BCUT2D eigenvalue weighted by Gasteiger charge is -2.25. The Morgan fingerprint density at radius 2 is 2.05 bits per heavy atom. The van der Waals surface area contributed by atoms with E-state index in [-0.39, 0.29) is 5.91 Å². The minimum absolute atomic E-state index is 0.105. The van der Waals surface area contributed by atoms with Gasteiger partial charge < -0.3 is 10.1 Å². The molecule has 20 heavy (non-hydrogen) atoms. The summed E-state index contributed by atoms with van der Waals surface area (Å²) in [5.74, 6) is 0.105. The van der Waals surface area contributed by atoms with Crippen molar-refractivity contribution in [1.29, 1.82) is 0 Å². The highest BCUT2D eigenvalue weighted by molar-refractivity contribution is 7.16. The molecule has 0 aromatic carbocycles. The molecule has 2 heterocycles. The number of anilines is 1.